The van der Waals surface area contributed by atoms with E-state index >= 15 is 0 Å². The number of hydrogen-bond acceptors (Lipinski definition) is 3. The molecule has 0 amide bonds. The van der Waals surface area contributed by atoms with E-state index in [0.29, 0.717) is 22.4 Å². The van der Waals surface area contributed by atoms with Crippen molar-refractivity contribution in [1.29, 1.82) is 0 Å². The molecule has 2 N–H and O–H groups in total. The highest BCUT2D eigenvalue weighted by atomic mass is 19.4. The minimum absolute atomic E-state index is 0.264. The van der Waals surface area contributed by atoms with Gasteiger partial charge in [0.2, 0.25) is 0 Å². The molecule has 7 heteroatoms. The van der Waals surface area contributed by atoms with Crippen molar-refractivity contribution in [3.05, 3.63) is 54.9 Å². The van der Waals surface area contributed by atoms with Crippen molar-refractivity contribution in [1.82, 2.24) is 9.78 Å². The molecule has 0 aliphatic heterocycles. The third kappa shape index (κ3) is 3.34. The molecule has 124 valence electrons. The molecule has 2 aromatic carbocycles. The minimum Gasteiger partial charge on any atom is -0.405 e. The zero-order valence-corrected chi connectivity index (χ0v) is 12.7. The highest BCUT2D eigenvalue weighted by molar-refractivity contribution is 5.87. The van der Waals surface area contributed by atoms with E-state index in [1.165, 1.54) is 12.1 Å². The Balaban J connectivity index is 2.17. The lowest BCUT2D eigenvalue weighted by atomic mass is 9.95. The number of rotatable bonds is 3. The second-order valence-corrected chi connectivity index (χ2v) is 5.25. The van der Waals surface area contributed by atoms with Crippen molar-refractivity contribution in [3.8, 4) is 28.0 Å². The van der Waals surface area contributed by atoms with Gasteiger partial charge in [0, 0.05) is 30.1 Å². The molecule has 0 atom stereocenters. The summed E-state index contributed by atoms with van der Waals surface area (Å²) in [6.45, 7) is 0. The molecule has 3 aromatic rings. The number of nitrogens with zero attached hydrogens (tertiary/aromatic N) is 2. The number of aryl methyl sites for hydroxylation is 1. The van der Waals surface area contributed by atoms with Gasteiger partial charge in [-0.2, -0.15) is 5.10 Å². The van der Waals surface area contributed by atoms with Gasteiger partial charge in [-0.15, -0.1) is 13.2 Å². The summed E-state index contributed by atoms with van der Waals surface area (Å²) in [5.74, 6) is -0.264. The quantitative estimate of drug-likeness (QED) is 0.730. The van der Waals surface area contributed by atoms with Crippen molar-refractivity contribution in [3.63, 3.8) is 0 Å². The molecule has 3 rings (SSSR count). The molecule has 4 nitrogen and oxygen atoms in total. The first-order valence-corrected chi connectivity index (χ1v) is 7.07. The maximum absolute atomic E-state index is 12.7. The summed E-state index contributed by atoms with van der Waals surface area (Å²) < 4.78 is 43.8. The zero-order chi connectivity index (χ0) is 17.3. The van der Waals surface area contributed by atoms with Gasteiger partial charge in [-0.25, -0.2) is 0 Å². The molecule has 0 saturated carbocycles. The fraction of sp³-hybridized carbons (Fsp3) is 0.118. The predicted octanol–water partition coefficient (Wildman–Crippen LogP) is 4.23. The monoisotopic (exact) mass is 333 g/mol. The lowest BCUT2D eigenvalue weighted by Crippen LogP contribution is -2.17. The molecule has 0 fully saturated rings. The fourth-order valence-electron chi connectivity index (χ4n) is 2.50. The zero-order valence-electron chi connectivity index (χ0n) is 12.7. The molecule has 0 aliphatic rings. The Kier molecular flexibility index (Phi) is 3.92. The summed E-state index contributed by atoms with van der Waals surface area (Å²) in [7, 11) is 1.76. The summed E-state index contributed by atoms with van der Waals surface area (Å²) in [5, 5.41) is 4.10. The summed E-state index contributed by atoms with van der Waals surface area (Å²) in [6, 6.07) is 11.0. The second-order valence-electron chi connectivity index (χ2n) is 5.25. The molecule has 0 radical (unpaired) electrons. The van der Waals surface area contributed by atoms with Crippen molar-refractivity contribution in [2.24, 2.45) is 7.05 Å². The van der Waals surface area contributed by atoms with E-state index in [9.17, 15) is 13.2 Å². The van der Waals surface area contributed by atoms with Crippen LogP contribution in [-0.2, 0) is 7.05 Å². The molecule has 0 spiro atoms. The molecule has 0 aliphatic carbocycles. The number of alkyl halides is 3. The van der Waals surface area contributed by atoms with E-state index in [-0.39, 0.29) is 5.75 Å². The number of benzene rings is 2. The van der Waals surface area contributed by atoms with Gasteiger partial charge in [-0.1, -0.05) is 24.3 Å². The summed E-state index contributed by atoms with van der Waals surface area (Å²) in [6.07, 6.45) is -1.37. The van der Waals surface area contributed by atoms with Gasteiger partial charge in [-0.3, -0.25) is 4.68 Å². The number of anilines is 1. The third-order valence-electron chi connectivity index (χ3n) is 3.46. The van der Waals surface area contributed by atoms with Crippen molar-refractivity contribution < 1.29 is 17.9 Å². The van der Waals surface area contributed by atoms with Crippen LogP contribution in [0.1, 0.15) is 0 Å². The number of hydrogen-bond donors (Lipinski definition) is 1. The van der Waals surface area contributed by atoms with Gasteiger partial charge in [0.1, 0.15) is 5.75 Å². The first-order chi connectivity index (χ1) is 11.3. The van der Waals surface area contributed by atoms with Gasteiger partial charge in [-0.05, 0) is 29.3 Å². The van der Waals surface area contributed by atoms with Gasteiger partial charge in [0.25, 0.3) is 0 Å². The molecule has 0 unspecified atom stereocenters. The van der Waals surface area contributed by atoms with E-state index in [4.69, 9.17) is 5.73 Å². The number of para-hydroxylation sites is 1. The number of nitrogens with two attached hydrogens (primary N) is 1. The Morgan fingerprint density at radius 1 is 1.04 bits per heavy atom. The Hall–Kier alpha value is -2.96. The second kappa shape index (κ2) is 5.92. The van der Waals surface area contributed by atoms with Crippen LogP contribution in [0.3, 0.4) is 0 Å². The molecule has 1 heterocycles. The van der Waals surface area contributed by atoms with E-state index in [1.807, 2.05) is 0 Å². The molecular formula is C17H14F3N3O. The molecular weight excluding hydrogens is 319 g/mol. The van der Waals surface area contributed by atoms with E-state index < -0.39 is 6.36 Å². The summed E-state index contributed by atoms with van der Waals surface area (Å²) in [5.41, 5.74) is 8.70. The van der Waals surface area contributed by atoms with Crippen LogP contribution in [0.25, 0.3) is 22.3 Å². The van der Waals surface area contributed by atoms with Crippen LogP contribution in [0.15, 0.2) is 54.9 Å². The van der Waals surface area contributed by atoms with Crippen LogP contribution in [0.2, 0.25) is 0 Å². The van der Waals surface area contributed by atoms with E-state index in [2.05, 4.69) is 9.84 Å². The minimum atomic E-state index is -4.77. The van der Waals surface area contributed by atoms with Crippen LogP contribution in [0.4, 0.5) is 18.9 Å². The summed E-state index contributed by atoms with van der Waals surface area (Å²) in [4.78, 5) is 0. The Morgan fingerprint density at radius 2 is 1.79 bits per heavy atom. The predicted molar refractivity (Wildman–Crippen MR) is 85.2 cm³/mol. The van der Waals surface area contributed by atoms with Crippen LogP contribution >= 0.6 is 0 Å². The molecule has 24 heavy (non-hydrogen) atoms. The van der Waals surface area contributed by atoms with Crippen LogP contribution in [-0.4, -0.2) is 16.1 Å². The highest BCUT2D eigenvalue weighted by Gasteiger charge is 2.32. The van der Waals surface area contributed by atoms with Gasteiger partial charge >= 0.3 is 6.36 Å². The molecule has 0 saturated heterocycles. The molecule has 1 aromatic heterocycles. The van der Waals surface area contributed by atoms with Crippen molar-refractivity contribution in [2.45, 2.75) is 6.36 Å². The Bertz CT molecular complexity index is 872. The standard InChI is InChI=1S/C17H14F3N3O/c1-23-10-11(9-22-23)15-8-12(21)6-7-13(15)14-4-2-3-5-16(14)24-17(18,19)20/h2-10H,21H2,1H3. The Morgan fingerprint density at radius 3 is 2.46 bits per heavy atom. The van der Waals surface area contributed by atoms with Crippen LogP contribution in [0, 0.1) is 0 Å². The van der Waals surface area contributed by atoms with E-state index in [0.717, 1.165) is 5.56 Å². The van der Waals surface area contributed by atoms with Gasteiger partial charge < -0.3 is 10.5 Å². The maximum Gasteiger partial charge on any atom is 0.573 e. The highest BCUT2D eigenvalue weighted by Crippen LogP contribution is 2.39. The lowest BCUT2D eigenvalue weighted by molar-refractivity contribution is -0.274. The third-order valence-corrected chi connectivity index (χ3v) is 3.46. The normalized spacial score (nSPS) is 11.5. The lowest BCUT2D eigenvalue weighted by Gasteiger charge is -2.15. The van der Waals surface area contributed by atoms with Gasteiger partial charge in [0.05, 0.1) is 6.20 Å². The fourth-order valence-corrected chi connectivity index (χ4v) is 2.50. The largest absolute Gasteiger partial charge is 0.573 e. The van der Waals surface area contributed by atoms with E-state index in [1.54, 1.807) is 54.5 Å². The number of nitrogen functional groups attached to an aromatic ring is 1. The average Bonchev–Trinajstić information content (AvgIpc) is 2.93. The van der Waals surface area contributed by atoms with Crippen LogP contribution in [0.5, 0.6) is 5.75 Å². The number of ether oxygens (including phenoxy) is 1. The van der Waals surface area contributed by atoms with Crippen molar-refractivity contribution in [2.75, 3.05) is 5.73 Å². The Labute approximate surface area is 136 Å². The first kappa shape index (κ1) is 15.9. The maximum atomic E-state index is 12.7. The van der Waals surface area contributed by atoms with Crippen LogP contribution < -0.4 is 10.5 Å². The first-order valence-electron chi connectivity index (χ1n) is 7.07. The summed E-state index contributed by atoms with van der Waals surface area (Å²) >= 11 is 0. The van der Waals surface area contributed by atoms with Gasteiger partial charge in [0.15, 0.2) is 0 Å². The smallest absolute Gasteiger partial charge is 0.405 e. The van der Waals surface area contributed by atoms with Crippen molar-refractivity contribution >= 4 is 5.69 Å². The number of halogens is 3. The topological polar surface area (TPSA) is 53.1 Å². The SMILES string of the molecule is Cn1cc(-c2cc(N)ccc2-c2ccccc2OC(F)(F)F)cn1. The number of aromatic nitrogens is 2. The average molecular weight is 333 g/mol. The molecule has 0 bridgehead atoms.